The number of carbonyl (C=O) groups is 4. The summed E-state index contributed by atoms with van der Waals surface area (Å²) in [5, 5.41) is 26.3. The van der Waals surface area contributed by atoms with E-state index in [1.165, 1.54) is 52.3 Å². The molecule has 2 atom stereocenters. The second kappa shape index (κ2) is 13.2. The Balaban J connectivity index is 0.00000267. The van der Waals surface area contributed by atoms with Crippen LogP contribution >= 0.6 is 46.2 Å². The van der Waals surface area contributed by atoms with E-state index >= 15 is 0 Å². The third-order valence-corrected chi connectivity index (χ3v) is 9.65. The van der Waals surface area contributed by atoms with Crippen molar-refractivity contribution in [2.45, 2.75) is 29.1 Å². The van der Waals surface area contributed by atoms with Crippen LogP contribution in [0.1, 0.15) is 17.7 Å². The molecule has 2 aliphatic heterocycles. The summed E-state index contributed by atoms with van der Waals surface area (Å²) in [6.45, 7) is 1.72. The molecule has 4 heterocycles. The molecule has 0 aliphatic carbocycles. The Morgan fingerprint density at radius 1 is 1.37 bits per heavy atom. The Morgan fingerprint density at radius 2 is 2.11 bits per heavy atom. The summed E-state index contributed by atoms with van der Waals surface area (Å²) in [6.07, 6.45) is -0.132. The number of oxime groups is 1. The van der Waals surface area contributed by atoms with Gasteiger partial charge in [-0.1, -0.05) is 16.9 Å². The predicted octanol–water partition coefficient (Wildman–Crippen LogP) is -1.88. The van der Waals surface area contributed by atoms with E-state index in [0.717, 1.165) is 11.3 Å². The van der Waals surface area contributed by atoms with Gasteiger partial charge in [-0.25, -0.2) is 14.8 Å². The van der Waals surface area contributed by atoms with Gasteiger partial charge in [0.25, 0.3) is 11.8 Å². The fraction of sp³-hybridized carbons (Fsp3) is 0.350. The maximum Gasteiger partial charge on any atom is 1.00 e. The molecule has 5 N–H and O–H groups in total. The molecule has 18 heteroatoms. The molecule has 198 valence electrons. The quantitative estimate of drug-likeness (QED) is 0.0756. The molecule has 2 aromatic rings. The van der Waals surface area contributed by atoms with Crippen LogP contribution in [0.15, 0.2) is 26.1 Å². The van der Waals surface area contributed by atoms with Crippen molar-refractivity contribution in [1.82, 2.24) is 20.2 Å². The zero-order valence-corrected chi connectivity index (χ0v) is 26.7. The van der Waals surface area contributed by atoms with Crippen molar-refractivity contribution in [2.75, 3.05) is 24.3 Å². The van der Waals surface area contributed by atoms with Crippen molar-refractivity contribution in [3.8, 4) is 0 Å². The van der Waals surface area contributed by atoms with E-state index in [2.05, 4.69) is 20.4 Å². The van der Waals surface area contributed by atoms with Gasteiger partial charge in [0.05, 0.1) is 12.1 Å². The van der Waals surface area contributed by atoms with Gasteiger partial charge in [0.2, 0.25) is 0 Å². The standard InChI is InChI=1S/C20H20N6O7S4.K.H/c1-7-10(3-11(27)28)37-20(22-7)36-5-8-4-34-17-13(16(30)26(17)14(8)18(31)32)24-15(29)12(25-33-2)9-6-35-19(21)23-9;;/h6,13,17H,3-5H2,1-2H3,(H2,21,23)(H,24,29)(H,27,28)(H,31,32);;/q;+1;-1/b25-12-;;/t13-,17-;;/m1../s1. The Bertz CT molecular complexity index is 1350. The first-order chi connectivity index (χ1) is 17.6. The molecular formula is C20H21KN6O7S4. The molecule has 1 saturated heterocycles. The number of hydrogen-bond donors (Lipinski definition) is 4. The Hall–Kier alpha value is -1.51. The summed E-state index contributed by atoms with van der Waals surface area (Å²) in [7, 11) is 1.26. The largest absolute Gasteiger partial charge is 1.00 e. The molecule has 2 aromatic heterocycles. The van der Waals surface area contributed by atoms with Crippen LogP contribution in [0.3, 0.4) is 0 Å². The number of thioether (sulfide) groups is 2. The van der Waals surface area contributed by atoms with Gasteiger partial charge >= 0.3 is 63.3 Å². The molecule has 2 aliphatic rings. The minimum Gasteiger partial charge on any atom is -1.00 e. The summed E-state index contributed by atoms with van der Waals surface area (Å²) in [5.41, 5.74) is 6.70. The van der Waals surface area contributed by atoms with Crippen molar-refractivity contribution in [3.05, 3.63) is 32.9 Å². The maximum atomic E-state index is 13.0. The topological polar surface area (TPSA) is 197 Å². The number of carboxylic acid groups (broad SMARTS) is 2. The third-order valence-electron chi connectivity index (χ3n) is 5.25. The number of aliphatic carboxylic acids is 2. The average molecular weight is 625 g/mol. The van der Waals surface area contributed by atoms with E-state index < -0.39 is 35.2 Å². The molecule has 0 aromatic carbocycles. The van der Waals surface area contributed by atoms with Gasteiger partial charge in [0.15, 0.2) is 15.2 Å². The van der Waals surface area contributed by atoms with Gasteiger partial charge in [-0.3, -0.25) is 19.3 Å². The molecule has 2 amide bonds. The Morgan fingerprint density at radius 3 is 2.71 bits per heavy atom. The maximum absolute atomic E-state index is 13.0. The number of aromatic nitrogens is 2. The Kier molecular flexibility index (Phi) is 10.8. The molecule has 13 nitrogen and oxygen atoms in total. The number of nitrogens with one attached hydrogen (secondary N) is 1. The van der Waals surface area contributed by atoms with Crippen molar-refractivity contribution >= 4 is 80.8 Å². The zero-order chi connectivity index (χ0) is 26.9. The molecule has 0 spiro atoms. The van der Waals surface area contributed by atoms with Crippen molar-refractivity contribution in [1.29, 1.82) is 0 Å². The van der Waals surface area contributed by atoms with E-state index in [1.807, 2.05) is 0 Å². The van der Waals surface area contributed by atoms with Gasteiger partial charge in [0, 0.05) is 21.8 Å². The Labute approximate surface area is 276 Å². The number of hydrogen-bond acceptors (Lipinski definition) is 13. The SMILES string of the molecule is CO/N=C(\C(=O)N[C@@H]1C(=O)N2C(C(=O)O)=C(CSc3nc(C)c(CC(=O)O)s3)CS[C@H]12)c1csc(N)n1.[H-].[K+]. The normalized spacial score (nSPS) is 18.8. The van der Waals surface area contributed by atoms with Gasteiger partial charge in [-0.05, 0) is 12.5 Å². The van der Waals surface area contributed by atoms with E-state index in [-0.39, 0.29) is 87.2 Å². The van der Waals surface area contributed by atoms with E-state index in [0.29, 0.717) is 26.2 Å². The molecule has 4 rings (SSSR count). The number of carboxylic acids is 2. The van der Waals surface area contributed by atoms with Crippen LogP contribution in [0, 0.1) is 6.92 Å². The van der Waals surface area contributed by atoms with Crippen LogP contribution < -0.4 is 62.4 Å². The fourth-order valence-corrected chi connectivity index (χ4v) is 7.87. The van der Waals surface area contributed by atoms with Gasteiger partial charge in [-0.15, -0.1) is 34.4 Å². The summed E-state index contributed by atoms with van der Waals surface area (Å²) < 4.78 is 0.617. The van der Waals surface area contributed by atoms with E-state index in [1.54, 1.807) is 6.92 Å². The number of β-lactam (4-membered cyclic amide) rings is 1. The number of aryl methyl sites for hydroxylation is 1. The van der Waals surface area contributed by atoms with Crippen molar-refractivity contribution < 1.29 is 87.0 Å². The van der Waals surface area contributed by atoms with Crippen LogP contribution in [0.5, 0.6) is 0 Å². The summed E-state index contributed by atoms with van der Waals surface area (Å²) in [4.78, 5) is 63.9. The number of rotatable bonds is 10. The van der Waals surface area contributed by atoms with Crippen molar-refractivity contribution in [3.63, 3.8) is 0 Å². The van der Waals surface area contributed by atoms with Crippen molar-refractivity contribution in [2.24, 2.45) is 5.16 Å². The number of amides is 2. The molecule has 0 radical (unpaired) electrons. The van der Waals surface area contributed by atoms with Crippen LogP contribution in [-0.2, 0) is 30.4 Å². The zero-order valence-electron chi connectivity index (χ0n) is 21.3. The fourth-order valence-electron chi connectivity index (χ4n) is 3.61. The number of nitrogen functional groups attached to an aromatic ring is 1. The first kappa shape index (κ1) is 31.0. The van der Waals surface area contributed by atoms with Crippen LogP contribution in [0.2, 0.25) is 0 Å². The predicted molar refractivity (Wildman–Crippen MR) is 140 cm³/mol. The number of thiazole rings is 2. The van der Waals surface area contributed by atoms with Gasteiger partial charge in [0.1, 0.15) is 29.9 Å². The monoisotopic (exact) mass is 624 g/mol. The minimum absolute atomic E-state index is 0. The minimum atomic E-state index is -1.25. The van der Waals surface area contributed by atoms with E-state index in [4.69, 9.17) is 15.7 Å². The molecule has 38 heavy (non-hydrogen) atoms. The third kappa shape index (κ3) is 6.61. The number of carbonyl (C=O) groups excluding carboxylic acids is 2. The summed E-state index contributed by atoms with van der Waals surface area (Å²) in [5.74, 6) is -2.89. The summed E-state index contributed by atoms with van der Waals surface area (Å²) in [6, 6.07) is -0.959. The summed E-state index contributed by atoms with van der Waals surface area (Å²) >= 11 is 4.98. The molecule has 0 saturated carbocycles. The number of nitrogens with zero attached hydrogens (tertiary/aromatic N) is 4. The van der Waals surface area contributed by atoms with Crippen LogP contribution in [0.25, 0.3) is 0 Å². The second-order valence-electron chi connectivity index (χ2n) is 7.66. The number of fused-ring (bicyclic) bond motifs is 1. The molecule has 0 bridgehead atoms. The first-order valence-electron chi connectivity index (χ1n) is 10.4. The average Bonchev–Trinajstić information content (AvgIpc) is 3.42. The van der Waals surface area contributed by atoms with Gasteiger partial charge < -0.3 is 27.5 Å². The first-order valence-corrected chi connectivity index (χ1v) is 14.2. The van der Waals surface area contributed by atoms with E-state index in [9.17, 15) is 24.3 Å². The smallest absolute Gasteiger partial charge is 1.00 e. The molecule has 1 fully saturated rings. The molecule has 0 unspecified atom stereocenters. The second-order valence-corrected chi connectivity index (χ2v) is 12.0. The van der Waals surface area contributed by atoms with Crippen LogP contribution in [-0.4, -0.2) is 84.6 Å². The van der Waals surface area contributed by atoms with Gasteiger partial charge in [-0.2, -0.15) is 0 Å². The number of anilines is 1. The van der Waals surface area contributed by atoms with Crippen LogP contribution in [0.4, 0.5) is 5.13 Å². The molecular weight excluding hydrogens is 604 g/mol. The number of nitrogens with two attached hydrogens (primary N) is 1.